The van der Waals surface area contributed by atoms with Gasteiger partial charge in [0.15, 0.2) is 0 Å². The lowest BCUT2D eigenvalue weighted by molar-refractivity contribution is -0.149. The van der Waals surface area contributed by atoms with Crippen LogP contribution >= 0.6 is 0 Å². The minimum absolute atomic E-state index is 0.0214. The third-order valence-corrected chi connectivity index (χ3v) is 6.10. The summed E-state index contributed by atoms with van der Waals surface area (Å²) in [6.45, 7) is 10.4. The van der Waals surface area contributed by atoms with Crippen LogP contribution in [-0.2, 0) is 41.9 Å². The number of hydrogen-bond donors (Lipinski definition) is 3. The van der Waals surface area contributed by atoms with E-state index in [4.69, 9.17) is 9.47 Å². The molecule has 0 spiro atoms. The molecule has 43 heavy (non-hydrogen) atoms. The molecular weight excluding hydrogens is 550 g/mol. The summed E-state index contributed by atoms with van der Waals surface area (Å²) in [6, 6.07) is 16.1. The lowest BCUT2D eigenvalue weighted by Gasteiger charge is -2.20. The second-order valence-corrected chi connectivity index (χ2v) is 10.3. The Hall–Kier alpha value is -4.47. The smallest absolute Gasteiger partial charge is 0.408 e. The van der Waals surface area contributed by atoms with Gasteiger partial charge in [0, 0.05) is 6.54 Å². The third-order valence-electron chi connectivity index (χ3n) is 6.10. The van der Waals surface area contributed by atoms with Crippen molar-refractivity contribution in [2.75, 3.05) is 6.54 Å². The van der Waals surface area contributed by atoms with E-state index in [0.717, 1.165) is 17.0 Å². The number of carbonyl (C=O) groups excluding carboxylic acids is 5. The van der Waals surface area contributed by atoms with E-state index in [1.165, 1.54) is 18.9 Å². The monoisotopic (exact) mass is 595 g/mol. The Kier molecular flexibility index (Phi) is 18.1. The first-order chi connectivity index (χ1) is 20.5. The number of aldehydes is 1. The Morgan fingerprint density at radius 3 is 1.88 bits per heavy atom. The fourth-order valence-electron chi connectivity index (χ4n) is 3.63. The molecule has 234 valence electrons. The van der Waals surface area contributed by atoms with Crippen molar-refractivity contribution in [3.8, 4) is 0 Å². The number of amides is 3. The second-order valence-electron chi connectivity index (χ2n) is 10.3. The van der Waals surface area contributed by atoms with Gasteiger partial charge in [0.05, 0.1) is 0 Å². The van der Waals surface area contributed by atoms with Crippen molar-refractivity contribution in [3.05, 3.63) is 83.4 Å². The van der Waals surface area contributed by atoms with E-state index in [9.17, 15) is 24.0 Å². The van der Waals surface area contributed by atoms with Gasteiger partial charge in [-0.25, -0.2) is 9.59 Å². The average Bonchev–Trinajstić information content (AvgIpc) is 3.00. The van der Waals surface area contributed by atoms with Crippen molar-refractivity contribution in [3.63, 3.8) is 0 Å². The van der Waals surface area contributed by atoms with Crippen LogP contribution < -0.4 is 16.0 Å². The van der Waals surface area contributed by atoms with Gasteiger partial charge in [-0.3, -0.25) is 14.4 Å². The molecule has 0 aliphatic rings. The molecule has 10 heteroatoms. The number of rotatable bonds is 15. The molecule has 0 aromatic heterocycles. The Morgan fingerprint density at radius 2 is 1.40 bits per heavy atom. The lowest BCUT2D eigenvalue weighted by Crippen LogP contribution is -2.50. The van der Waals surface area contributed by atoms with Crippen LogP contribution in [-0.4, -0.2) is 48.8 Å². The maximum atomic E-state index is 12.6. The number of hydrogen-bond acceptors (Lipinski definition) is 7. The molecule has 10 nitrogen and oxygen atoms in total. The van der Waals surface area contributed by atoms with Gasteiger partial charge in [-0.2, -0.15) is 0 Å². The normalized spacial score (nSPS) is 12.1. The molecular formula is C33H45N3O7. The second kappa shape index (κ2) is 21.3. The SMILES string of the molecule is CC[C@H](C)C=C(C)C.C[C@H](NC(=O)OCc1ccccc1)C(=O)N[C@@H](CCCNC(=O)C=O)C(=O)OCc1ccccc1. The van der Waals surface area contributed by atoms with Gasteiger partial charge in [0.1, 0.15) is 25.3 Å². The van der Waals surface area contributed by atoms with Gasteiger partial charge in [0.25, 0.3) is 5.91 Å². The molecule has 2 aromatic rings. The predicted molar refractivity (Wildman–Crippen MR) is 165 cm³/mol. The van der Waals surface area contributed by atoms with Crippen molar-refractivity contribution in [2.45, 2.75) is 79.2 Å². The summed E-state index contributed by atoms with van der Waals surface area (Å²) in [4.78, 5) is 58.8. The maximum Gasteiger partial charge on any atom is 0.408 e. The molecule has 0 heterocycles. The minimum atomic E-state index is -1.02. The first kappa shape index (κ1) is 36.6. The number of esters is 1. The van der Waals surface area contributed by atoms with E-state index in [-0.39, 0.29) is 32.5 Å². The lowest BCUT2D eigenvalue weighted by atomic mass is 10.1. The van der Waals surface area contributed by atoms with Gasteiger partial charge < -0.3 is 25.4 Å². The fraction of sp³-hybridized carbons (Fsp3) is 0.424. The van der Waals surface area contributed by atoms with Crippen LogP contribution in [0.15, 0.2) is 72.3 Å². The molecule has 0 bridgehead atoms. The van der Waals surface area contributed by atoms with E-state index >= 15 is 0 Å². The molecule has 3 N–H and O–H groups in total. The number of alkyl carbamates (subject to hydrolysis) is 1. The van der Waals surface area contributed by atoms with Crippen LogP contribution in [0, 0.1) is 5.92 Å². The average molecular weight is 596 g/mol. The van der Waals surface area contributed by atoms with Crippen molar-refractivity contribution in [1.82, 2.24) is 16.0 Å². The van der Waals surface area contributed by atoms with Crippen LogP contribution in [0.2, 0.25) is 0 Å². The van der Waals surface area contributed by atoms with Crippen LogP contribution in [0.3, 0.4) is 0 Å². The largest absolute Gasteiger partial charge is 0.459 e. The Labute approximate surface area is 254 Å². The number of ether oxygens (including phenoxy) is 2. The summed E-state index contributed by atoms with van der Waals surface area (Å²) in [6.07, 6.45) is 3.37. The van der Waals surface area contributed by atoms with Crippen LogP contribution in [0.1, 0.15) is 65.0 Å². The van der Waals surface area contributed by atoms with Crippen molar-refractivity contribution >= 4 is 30.2 Å². The Bertz CT molecular complexity index is 1170. The van der Waals surface area contributed by atoms with Gasteiger partial charge in [-0.05, 0) is 50.7 Å². The Morgan fingerprint density at radius 1 is 0.837 bits per heavy atom. The molecule has 0 fully saturated rings. The molecule has 0 aliphatic heterocycles. The first-order valence-electron chi connectivity index (χ1n) is 14.4. The zero-order valence-electron chi connectivity index (χ0n) is 25.8. The number of nitrogens with one attached hydrogen (secondary N) is 3. The molecule has 0 unspecified atom stereocenters. The number of allylic oxidation sites excluding steroid dienone is 2. The quantitative estimate of drug-likeness (QED) is 0.0897. The molecule has 3 atom stereocenters. The summed E-state index contributed by atoms with van der Waals surface area (Å²) in [5.41, 5.74) is 3.00. The summed E-state index contributed by atoms with van der Waals surface area (Å²) >= 11 is 0. The van der Waals surface area contributed by atoms with Crippen molar-refractivity contribution < 1.29 is 33.4 Å². The molecule has 2 rings (SSSR count). The zero-order chi connectivity index (χ0) is 32.0. The van der Waals surface area contributed by atoms with Crippen molar-refractivity contribution in [1.29, 1.82) is 0 Å². The highest BCUT2D eigenvalue weighted by molar-refractivity contribution is 6.23. The summed E-state index contributed by atoms with van der Waals surface area (Å²) < 4.78 is 10.4. The molecule has 3 amide bonds. The molecule has 0 saturated heterocycles. The van der Waals surface area contributed by atoms with E-state index in [1.807, 2.05) is 36.4 Å². The minimum Gasteiger partial charge on any atom is -0.459 e. The van der Waals surface area contributed by atoms with Gasteiger partial charge in [-0.15, -0.1) is 0 Å². The highest BCUT2D eigenvalue weighted by Crippen LogP contribution is 2.07. The van der Waals surface area contributed by atoms with Crippen molar-refractivity contribution in [2.24, 2.45) is 5.92 Å². The van der Waals surface area contributed by atoms with Gasteiger partial charge in [-0.1, -0.05) is 92.6 Å². The molecule has 2 aromatic carbocycles. The van der Waals surface area contributed by atoms with Crippen LogP contribution in [0.5, 0.6) is 0 Å². The highest BCUT2D eigenvalue weighted by Gasteiger charge is 2.25. The van der Waals surface area contributed by atoms with Gasteiger partial charge >= 0.3 is 12.1 Å². The standard InChI is InChI=1S/C25H29N3O7.C8H16/c1-18(27-25(33)35-17-20-11-6-3-7-12-20)23(31)28-21(13-8-14-26-22(30)15-29)24(32)34-16-19-9-4-2-5-10-19;1-5-8(4)6-7(2)3/h2-7,9-12,15,18,21H,8,13-14,16-17H2,1H3,(H,26,30)(H,27,33)(H,28,31);6,8H,5H2,1-4H3/t18-,21-;8-/m00/s1. The van der Waals surface area contributed by atoms with Gasteiger partial charge in [0.2, 0.25) is 12.2 Å². The topological polar surface area (TPSA) is 140 Å². The number of benzene rings is 2. The van der Waals surface area contributed by atoms with E-state index in [2.05, 4.69) is 49.7 Å². The van der Waals surface area contributed by atoms with E-state index in [1.54, 1.807) is 24.3 Å². The Balaban J connectivity index is 0.00000101. The third kappa shape index (κ3) is 17.2. The summed E-state index contributed by atoms with van der Waals surface area (Å²) in [7, 11) is 0. The maximum absolute atomic E-state index is 12.6. The molecule has 0 radical (unpaired) electrons. The fourth-order valence-corrected chi connectivity index (χ4v) is 3.63. The summed E-state index contributed by atoms with van der Waals surface area (Å²) in [5.74, 6) is -1.29. The first-order valence-corrected chi connectivity index (χ1v) is 14.4. The molecule has 0 aliphatic carbocycles. The number of carbonyl (C=O) groups is 5. The zero-order valence-corrected chi connectivity index (χ0v) is 25.8. The van der Waals surface area contributed by atoms with Crippen LogP contribution in [0.4, 0.5) is 4.79 Å². The predicted octanol–water partition coefficient (Wildman–Crippen LogP) is 4.62. The summed E-state index contributed by atoms with van der Waals surface area (Å²) in [5, 5.41) is 7.36. The van der Waals surface area contributed by atoms with Crippen LogP contribution in [0.25, 0.3) is 0 Å². The highest BCUT2D eigenvalue weighted by atomic mass is 16.5. The van der Waals surface area contributed by atoms with E-state index < -0.39 is 36.0 Å². The molecule has 0 saturated carbocycles. The van der Waals surface area contributed by atoms with E-state index in [0.29, 0.717) is 6.42 Å².